The Morgan fingerprint density at radius 2 is 1.79 bits per heavy atom. The van der Waals surface area contributed by atoms with Crippen molar-refractivity contribution in [1.82, 2.24) is 0 Å². The minimum atomic E-state index is -0.147. The highest BCUT2D eigenvalue weighted by atomic mass is 16.5. The Labute approximate surface area is 114 Å². The molecule has 1 unspecified atom stereocenters. The Balaban J connectivity index is 1.95. The van der Waals surface area contributed by atoms with E-state index in [1.807, 2.05) is 55.5 Å². The lowest BCUT2D eigenvalue weighted by Gasteiger charge is -2.14. The molecule has 3 nitrogen and oxygen atoms in total. The Kier molecular flexibility index (Phi) is 4.42. The molecule has 2 rings (SSSR count). The Bertz CT molecular complexity index is 523. The van der Waals surface area contributed by atoms with Gasteiger partial charge in [0.05, 0.1) is 13.2 Å². The van der Waals surface area contributed by atoms with Crippen LogP contribution in [0.3, 0.4) is 0 Å². The van der Waals surface area contributed by atoms with E-state index in [-0.39, 0.29) is 6.04 Å². The Hall–Kier alpha value is -2.00. The first kappa shape index (κ1) is 13.4. The number of hydrogen-bond donors (Lipinski definition) is 1. The molecule has 0 saturated heterocycles. The topological polar surface area (TPSA) is 44.5 Å². The van der Waals surface area contributed by atoms with Gasteiger partial charge in [0, 0.05) is 0 Å². The predicted molar refractivity (Wildman–Crippen MR) is 76.6 cm³/mol. The van der Waals surface area contributed by atoms with Gasteiger partial charge in [-0.05, 0) is 42.3 Å². The number of nitrogens with two attached hydrogens (primary N) is 1. The lowest BCUT2D eigenvalue weighted by molar-refractivity contribution is 0.290. The molecular formula is C16H19NO2. The summed E-state index contributed by atoms with van der Waals surface area (Å²) in [5, 5.41) is 0. The zero-order valence-electron chi connectivity index (χ0n) is 11.3. The second kappa shape index (κ2) is 6.25. The summed E-state index contributed by atoms with van der Waals surface area (Å²) in [5.74, 6) is 1.68. The summed E-state index contributed by atoms with van der Waals surface area (Å²) in [4.78, 5) is 0. The largest absolute Gasteiger partial charge is 0.497 e. The van der Waals surface area contributed by atoms with Crippen molar-refractivity contribution in [2.24, 2.45) is 5.73 Å². The molecule has 2 aromatic carbocycles. The second-order valence-corrected chi connectivity index (χ2v) is 4.51. The molecule has 0 fully saturated rings. The van der Waals surface area contributed by atoms with Crippen molar-refractivity contribution in [2.45, 2.75) is 13.0 Å². The monoisotopic (exact) mass is 257 g/mol. The summed E-state index contributed by atoms with van der Waals surface area (Å²) in [6, 6.07) is 15.5. The Morgan fingerprint density at radius 1 is 1.05 bits per heavy atom. The molecule has 0 aliphatic carbocycles. The maximum atomic E-state index is 6.11. The first-order chi connectivity index (χ1) is 9.19. The number of benzene rings is 2. The molecule has 2 aromatic rings. The van der Waals surface area contributed by atoms with Crippen LogP contribution in [0.25, 0.3) is 0 Å². The lowest BCUT2D eigenvalue weighted by Crippen LogP contribution is -2.18. The highest BCUT2D eigenvalue weighted by Gasteiger charge is 2.07. The van der Waals surface area contributed by atoms with Crippen LogP contribution in [0.1, 0.15) is 17.2 Å². The van der Waals surface area contributed by atoms with Crippen molar-refractivity contribution in [1.29, 1.82) is 0 Å². The van der Waals surface area contributed by atoms with Crippen molar-refractivity contribution in [3.05, 3.63) is 59.7 Å². The minimum absolute atomic E-state index is 0.147. The molecule has 0 aliphatic heterocycles. The van der Waals surface area contributed by atoms with E-state index in [0.29, 0.717) is 6.61 Å². The average Bonchev–Trinajstić information content (AvgIpc) is 2.45. The zero-order valence-corrected chi connectivity index (χ0v) is 11.3. The fourth-order valence-corrected chi connectivity index (χ4v) is 1.84. The van der Waals surface area contributed by atoms with Gasteiger partial charge in [-0.2, -0.15) is 0 Å². The number of methoxy groups -OCH3 is 1. The van der Waals surface area contributed by atoms with E-state index in [0.717, 1.165) is 17.1 Å². The van der Waals surface area contributed by atoms with Crippen molar-refractivity contribution in [3.8, 4) is 11.5 Å². The third-order valence-corrected chi connectivity index (χ3v) is 2.96. The van der Waals surface area contributed by atoms with E-state index in [1.54, 1.807) is 7.11 Å². The van der Waals surface area contributed by atoms with Gasteiger partial charge in [-0.25, -0.2) is 0 Å². The Morgan fingerprint density at radius 3 is 2.42 bits per heavy atom. The second-order valence-electron chi connectivity index (χ2n) is 4.51. The van der Waals surface area contributed by atoms with E-state index >= 15 is 0 Å². The standard InChI is InChI=1S/C16H19NO2/c1-12-4-3-5-15(10-12)19-11-16(17)13-6-8-14(18-2)9-7-13/h3-10,16H,11,17H2,1-2H3. The lowest BCUT2D eigenvalue weighted by atomic mass is 10.1. The fraction of sp³-hybridized carbons (Fsp3) is 0.250. The van der Waals surface area contributed by atoms with Gasteiger partial charge in [0.15, 0.2) is 0 Å². The summed E-state index contributed by atoms with van der Waals surface area (Å²) >= 11 is 0. The summed E-state index contributed by atoms with van der Waals surface area (Å²) in [7, 11) is 1.65. The normalized spacial score (nSPS) is 11.9. The van der Waals surface area contributed by atoms with Crippen LogP contribution in [0.2, 0.25) is 0 Å². The third kappa shape index (κ3) is 3.73. The molecule has 0 heterocycles. The van der Waals surface area contributed by atoms with E-state index in [2.05, 4.69) is 0 Å². The molecule has 0 amide bonds. The van der Waals surface area contributed by atoms with Gasteiger partial charge in [0.25, 0.3) is 0 Å². The SMILES string of the molecule is COc1ccc(C(N)COc2cccc(C)c2)cc1. The maximum Gasteiger partial charge on any atom is 0.119 e. The minimum Gasteiger partial charge on any atom is -0.497 e. The number of hydrogen-bond acceptors (Lipinski definition) is 3. The van der Waals surface area contributed by atoms with Gasteiger partial charge >= 0.3 is 0 Å². The molecule has 0 radical (unpaired) electrons. The average molecular weight is 257 g/mol. The fourth-order valence-electron chi connectivity index (χ4n) is 1.84. The molecule has 1 atom stereocenters. The molecular weight excluding hydrogens is 238 g/mol. The highest BCUT2D eigenvalue weighted by molar-refractivity contribution is 5.30. The van der Waals surface area contributed by atoms with Gasteiger partial charge in [-0.3, -0.25) is 0 Å². The van der Waals surface area contributed by atoms with Crippen molar-refractivity contribution in [3.63, 3.8) is 0 Å². The molecule has 100 valence electrons. The number of rotatable bonds is 5. The molecule has 0 aliphatic rings. The first-order valence-corrected chi connectivity index (χ1v) is 6.28. The molecule has 2 N–H and O–H groups in total. The number of ether oxygens (including phenoxy) is 2. The maximum absolute atomic E-state index is 6.11. The smallest absolute Gasteiger partial charge is 0.119 e. The number of aryl methyl sites for hydroxylation is 1. The van der Waals surface area contributed by atoms with Crippen LogP contribution in [0.15, 0.2) is 48.5 Å². The van der Waals surface area contributed by atoms with Crippen LogP contribution in [0.5, 0.6) is 11.5 Å². The summed E-state index contributed by atoms with van der Waals surface area (Å²) in [5.41, 5.74) is 8.32. The van der Waals surface area contributed by atoms with E-state index in [4.69, 9.17) is 15.2 Å². The highest BCUT2D eigenvalue weighted by Crippen LogP contribution is 2.18. The van der Waals surface area contributed by atoms with Crippen molar-refractivity contribution < 1.29 is 9.47 Å². The molecule has 0 spiro atoms. The van der Waals surface area contributed by atoms with E-state index in [9.17, 15) is 0 Å². The molecule has 0 bridgehead atoms. The van der Waals surface area contributed by atoms with Crippen LogP contribution < -0.4 is 15.2 Å². The predicted octanol–water partition coefficient (Wildman–Crippen LogP) is 3.08. The first-order valence-electron chi connectivity index (χ1n) is 6.28. The molecule has 3 heteroatoms. The van der Waals surface area contributed by atoms with Gasteiger partial charge in [0.1, 0.15) is 18.1 Å². The van der Waals surface area contributed by atoms with E-state index in [1.165, 1.54) is 5.56 Å². The summed E-state index contributed by atoms with van der Waals surface area (Å²) < 4.78 is 10.8. The summed E-state index contributed by atoms with van der Waals surface area (Å²) in [6.07, 6.45) is 0. The third-order valence-electron chi connectivity index (χ3n) is 2.96. The quantitative estimate of drug-likeness (QED) is 0.895. The van der Waals surface area contributed by atoms with Gasteiger partial charge in [0.2, 0.25) is 0 Å². The van der Waals surface area contributed by atoms with Crippen LogP contribution in [0, 0.1) is 6.92 Å². The molecule has 0 saturated carbocycles. The van der Waals surface area contributed by atoms with Gasteiger partial charge < -0.3 is 15.2 Å². The van der Waals surface area contributed by atoms with E-state index < -0.39 is 0 Å². The molecule has 19 heavy (non-hydrogen) atoms. The van der Waals surface area contributed by atoms with Crippen molar-refractivity contribution in [2.75, 3.05) is 13.7 Å². The van der Waals surface area contributed by atoms with Crippen LogP contribution in [-0.4, -0.2) is 13.7 Å². The van der Waals surface area contributed by atoms with Gasteiger partial charge in [-0.15, -0.1) is 0 Å². The van der Waals surface area contributed by atoms with Gasteiger partial charge in [-0.1, -0.05) is 24.3 Å². The van der Waals surface area contributed by atoms with Crippen molar-refractivity contribution >= 4 is 0 Å². The van der Waals surface area contributed by atoms with Crippen LogP contribution in [0.4, 0.5) is 0 Å². The van der Waals surface area contributed by atoms with Crippen LogP contribution >= 0.6 is 0 Å². The van der Waals surface area contributed by atoms with Crippen LogP contribution in [-0.2, 0) is 0 Å². The zero-order chi connectivity index (χ0) is 13.7. The summed E-state index contributed by atoms with van der Waals surface area (Å²) in [6.45, 7) is 2.49. The molecule has 0 aromatic heterocycles.